The van der Waals surface area contributed by atoms with Gasteiger partial charge in [0.15, 0.2) is 6.10 Å². The van der Waals surface area contributed by atoms with Crippen LogP contribution < -0.4 is 5.32 Å². The van der Waals surface area contributed by atoms with Crippen LogP contribution in [-0.2, 0) is 33.3 Å². The van der Waals surface area contributed by atoms with Crippen LogP contribution in [0, 0.1) is 0 Å². The van der Waals surface area contributed by atoms with Crippen LogP contribution in [0.2, 0.25) is 0 Å². The summed E-state index contributed by atoms with van der Waals surface area (Å²) in [5.41, 5.74) is 0. The Balaban J connectivity index is 5.04. The standard InChI is InChI=1S/C59H106N2O8/c1-6-10-13-16-19-22-24-26-28-30-32-34-37-40-43-46-56(62)66-52-55(53-67-57(63)47-44-41-38-35-33-31-29-27-25-23-20-17-14-11-7-2)68-58(64)49-48-54(45-42-39-36-21-18-15-12-8-3)69-59(65)60-50-51-61(5)9-4/h19-20,22-23,26-29,54-55H,6-18,21,24-25,30-53H2,1-5H3,(H,60,65)/b22-19-,23-20-,28-26-,29-27-. The highest BCUT2D eigenvalue weighted by Crippen LogP contribution is 2.17. The predicted octanol–water partition coefficient (Wildman–Crippen LogP) is 16.0. The SMILES string of the molecule is CCCCC/C=C\C/C=C\CCCCCCCC(=O)OCC(COC(=O)CCCCCCC/C=C\C/C=C\CCCCC)OC(=O)CCC(CCCCCCCCCC)OC(=O)NCCN(C)CC. The molecule has 0 fully saturated rings. The van der Waals surface area contributed by atoms with E-state index in [2.05, 4.69) is 86.5 Å². The molecule has 0 radical (unpaired) electrons. The first-order valence-electron chi connectivity index (χ1n) is 28.5. The van der Waals surface area contributed by atoms with Crippen molar-refractivity contribution < 1.29 is 38.1 Å². The lowest BCUT2D eigenvalue weighted by molar-refractivity contribution is -0.167. The van der Waals surface area contributed by atoms with E-state index in [9.17, 15) is 19.2 Å². The van der Waals surface area contributed by atoms with Gasteiger partial charge in [-0.3, -0.25) is 14.4 Å². The zero-order chi connectivity index (χ0) is 50.5. The van der Waals surface area contributed by atoms with Crippen molar-refractivity contribution in [3.8, 4) is 0 Å². The number of rotatable bonds is 50. The molecule has 0 spiro atoms. The van der Waals surface area contributed by atoms with Crippen LogP contribution in [-0.4, -0.2) is 81.0 Å². The van der Waals surface area contributed by atoms with Gasteiger partial charge in [-0.15, -0.1) is 0 Å². The molecule has 69 heavy (non-hydrogen) atoms. The molecule has 0 rings (SSSR count). The van der Waals surface area contributed by atoms with Crippen molar-refractivity contribution in [2.24, 2.45) is 0 Å². The van der Waals surface area contributed by atoms with E-state index in [1.165, 1.54) is 83.5 Å². The largest absolute Gasteiger partial charge is 0.462 e. The van der Waals surface area contributed by atoms with Gasteiger partial charge in [0.05, 0.1) is 0 Å². The number of hydrogen-bond donors (Lipinski definition) is 1. The fourth-order valence-corrected chi connectivity index (χ4v) is 7.79. The maximum atomic E-state index is 13.3. The molecule has 1 atom stereocenters. The molecule has 400 valence electrons. The minimum atomic E-state index is -0.925. The minimum absolute atomic E-state index is 0.0177. The number of alkyl carbamates (subject to hydrolysis) is 1. The number of ether oxygens (including phenoxy) is 4. The van der Waals surface area contributed by atoms with Gasteiger partial charge in [-0.1, -0.05) is 185 Å². The Labute approximate surface area is 424 Å². The number of nitrogens with zero attached hydrogens (tertiary/aromatic N) is 1. The van der Waals surface area contributed by atoms with Crippen LogP contribution in [0.15, 0.2) is 48.6 Å². The van der Waals surface area contributed by atoms with E-state index in [0.717, 1.165) is 116 Å². The Kier molecular flexibility index (Phi) is 49.8. The maximum Gasteiger partial charge on any atom is 0.407 e. The van der Waals surface area contributed by atoms with Crippen molar-refractivity contribution in [2.45, 2.75) is 265 Å². The van der Waals surface area contributed by atoms with Crippen molar-refractivity contribution >= 4 is 24.0 Å². The first-order chi connectivity index (χ1) is 33.7. The quantitative estimate of drug-likeness (QED) is 0.0275. The second kappa shape index (κ2) is 52.4. The normalized spacial score (nSPS) is 12.3. The van der Waals surface area contributed by atoms with Gasteiger partial charge >= 0.3 is 24.0 Å². The number of esters is 3. The molecule has 0 aromatic rings. The highest BCUT2D eigenvalue weighted by atomic mass is 16.6. The summed E-state index contributed by atoms with van der Waals surface area (Å²) in [5, 5.41) is 2.84. The lowest BCUT2D eigenvalue weighted by Gasteiger charge is -2.21. The Bertz CT molecular complexity index is 1250. The molecule has 0 aliphatic carbocycles. The van der Waals surface area contributed by atoms with Gasteiger partial charge in [-0.05, 0) is 110 Å². The first kappa shape index (κ1) is 65.6. The average Bonchev–Trinajstić information content (AvgIpc) is 3.34. The second-order valence-corrected chi connectivity index (χ2v) is 19.1. The molecule has 0 aromatic carbocycles. The zero-order valence-electron chi connectivity index (χ0n) is 45.3. The molecule has 1 unspecified atom stereocenters. The van der Waals surface area contributed by atoms with Gasteiger partial charge in [0.25, 0.3) is 0 Å². The third kappa shape index (κ3) is 49.4. The van der Waals surface area contributed by atoms with Crippen LogP contribution in [0.1, 0.15) is 252 Å². The van der Waals surface area contributed by atoms with E-state index >= 15 is 0 Å². The lowest BCUT2D eigenvalue weighted by atomic mass is 10.0. The van der Waals surface area contributed by atoms with Gasteiger partial charge < -0.3 is 29.2 Å². The molecule has 0 aliphatic rings. The minimum Gasteiger partial charge on any atom is -0.462 e. The summed E-state index contributed by atoms with van der Waals surface area (Å²) >= 11 is 0. The molecule has 0 saturated carbocycles. The Morgan fingerprint density at radius 2 is 0.841 bits per heavy atom. The van der Waals surface area contributed by atoms with Crippen LogP contribution >= 0.6 is 0 Å². The summed E-state index contributed by atoms with van der Waals surface area (Å²) in [6.07, 6.45) is 51.3. The average molecular weight is 972 g/mol. The summed E-state index contributed by atoms with van der Waals surface area (Å²) in [5.74, 6) is -1.22. The highest BCUT2D eigenvalue weighted by molar-refractivity contribution is 5.71. The smallest absolute Gasteiger partial charge is 0.407 e. The van der Waals surface area contributed by atoms with E-state index in [0.29, 0.717) is 25.9 Å². The van der Waals surface area contributed by atoms with Gasteiger partial charge in [0.1, 0.15) is 19.3 Å². The van der Waals surface area contributed by atoms with Crippen molar-refractivity contribution in [1.29, 1.82) is 0 Å². The Morgan fingerprint density at radius 3 is 1.30 bits per heavy atom. The molecule has 0 aromatic heterocycles. The molecule has 0 heterocycles. The molecule has 0 bridgehead atoms. The van der Waals surface area contributed by atoms with Gasteiger partial charge in [-0.25, -0.2) is 4.79 Å². The third-order valence-corrected chi connectivity index (χ3v) is 12.4. The molecular weight excluding hydrogens is 865 g/mol. The van der Waals surface area contributed by atoms with Crippen molar-refractivity contribution in [3.63, 3.8) is 0 Å². The van der Waals surface area contributed by atoms with Crippen LogP contribution in [0.5, 0.6) is 0 Å². The number of amides is 1. The summed E-state index contributed by atoms with van der Waals surface area (Å²) < 4.78 is 22.8. The molecular formula is C59H106N2O8. The number of hydrogen-bond acceptors (Lipinski definition) is 9. The number of nitrogens with one attached hydrogen (secondary N) is 1. The van der Waals surface area contributed by atoms with Gasteiger partial charge in [-0.2, -0.15) is 0 Å². The monoisotopic (exact) mass is 971 g/mol. The fourth-order valence-electron chi connectivity index (χ4n) is 7.79. The number of carbonyl (C=O) groups excluding carboxylic acids is 4. The Morgan fingerprint density at radius 1 is 0.435 bits per heavy atom. The molecule has 10 heteroatoms. The molecule has 0 saturated heterocycles. The van der Waals surface area contributed by atoms with Crippen molar-refractivity contribution in [1.82, 2.24) is 10.2 Å². The van der Waals surface area contributed by atoms with Crippen LogP contribution in [0.3, 0.4) is 0 Å². The van der Waals surface area contributed by atoms with E-state index in [1.807, 2.05) is 7.05 Å². The first-order valence-corrected chi connectivity index (χ1v) is 28.5. The van der Waals surface area contributed by atoms with E-state index < -0.39 is 24.3 Å². The number of likely N-dealkylation sites (N-methyl/N-ethyl adjacent to an activating group) is 1. The molecule has 10 nitrogen and oxygen atoms in total. The van der Waals surface area contributed by atoms with Gasteiger partial charge in [0, 0.05) is 32.4 Å². The van der Waals surface area contributed by atoms with Crippen molar-refractivity contribution in [3.05, 3.63) is 48.6 Å². The lowest BCUT2D eigenvalue weighted by Crippen LogP contribution is -2.35. The summed E-state index contributed by atoms with van der Waals surface area (Å²) in [6, 6.07) is 0. The second-order valence-electron chi connectivity index (χ2n) is 19.1. The van der Waals surface area contributed by atoms with Crippen LogP contribution in [0.25, 0.3) is 0 Å². The summed E-state index contributed by atoms with van der Waals surface area (Å²) in [4.78, 5) is 53.7. The Hall–Kier alpha value is -3.40. The third-order valence-electron chi connectivity index (χ3n) is 12.4. The van der Waals surface area contributed by atoms with Crippen molar-refractivity contribution in [2.75, 3.05) is 39.9 Å². The number of allylic oxidation sites excluding steroid dienone is 8. The predicted molar refractivity (Wildman–Crippen MR) is 288 cm³/mol. The number of unbranched alkanes of at least 4 members (excludes halogenated alkanes) is 23. The van der Waals surface area contributed by atoms with E-state index in [1.54, 1.807) is 0 Å². The fraction of sp³-hybridized carbons (Fsp3) is 0.797. The number of carbonyl (C=O) groups is 4. The van der Waals surface area contributed by atoms with Crippen LogP contribution in [0.4, 0.5) is 4.79 Å². The topological polar surface area (TPSA) is 120 Å². The van der Waals surface area contributed by atoms with E-state index in [4.69, 9.17) is 18.9 Å². The highest BCUT2D eigenvalue weighted by Gasteiger charge is 2.22. The molecule has 0 aliphatic heterocycles. The summed E-state index contributed by atoms with van der Waals surface area (Å²) in [6.45, 7) is 10.4. The summed E-state index contributed by atoms with van der Waals surface area (Å²) in [7, 11) is 2.00. The van der Waals surface area contributed by atoms with Gasteiger partial charge in [0.2, 0.25) is 0 Å². The zero-order valence-corrected chi connectivity index (χ0v) is 45.3. The maximum absolute atomic E-state index is 13.3. The van der Waals surface area contributed by atoms with E-state index in [-0.39, 0.29) is 44.4 Å². The molecule has 1 amide bonds. The molecule has 1 N–H and O–H groups in total.